The van der Waals surface area contributed by atoms with E-state index in [1.165, 1.54) is 0 Å². The summed E-state index contributed by atoms with van der Waals surface area (Å²) in [4.78, 5) is 4.24. The molecule has 2 heterocycles. The number of rotatable bonds is 8. The van der Waals surface area contributed by atoms with Crippen LogP contribution >= 0.6 is 11.6 Å². The molecule has 0 bridgehead atoms. The minimum Gasteiger partial charge on any atom is -0.379 e. The zero-order valence-corrected chi connectivity index (χ0v) is 16.3. The standard InChI is InChI=1S/C19H26ClN5O2/c1-21-19(22-8-2-9-27-18-7-10-26-14-18)23-11-15-12-24-25(13-15)17-5-3-16(20)4-6-17/h3-6,12-13,18H,2,7-11,14H2,1H3,(H2,21,22,23). The summed E-state index contributed by atoms with van der Waals surface area (Å²) in [5.74, 6) is 0.762. The maximum absolute atomic E-state index is 5.93. The summed E-state index contributed by atoms with van der Waals surface area (Å²) in [5, 5.41) is 11.7. The molecule has 3 rings (SSSR count). The minimum absolute atomic E-state index is 0.264. The van der Waals surface area contributed by atoms with Crippen LogP contribution in [0.25, 0.3) is 5.69 Å². The molecule has 0 spiro atoms. The lowest BCUT2D eigenvalue weighted by atomic mass is 10.3. The summed E-state index contributed by atoms with van der Waals surface area (Å²) < 4.78 is 12.9. The van der Waals surface area contributed by atoms with Crippen molar-refractivity contribution in [3.8, 4) is 5.69 Å². The molecule has 2 aromatic rings. The molecule has 1 aromatic carbocycles. The Hall–Kier alpha value is -2.09. The van der Waals surface area contributed by atoms with Gasteiger partial charge in [0, 0.05) is 50.1 Å². The number of aliphatic imine (C=N–C) groups is 1. The van der Waals surface area contributed by atoms with Gasteiger partial charge in [0.1, 0.15) is 0 Å². The highest BCUT2D eigenvalue weighted by Gasteiger charge is 2.15. The van der Waals surface area contributed by atoms with E-state index < -0.39 is 0 Å². The molecule has 1 aliphatic rings. The van der Waals surface area contributed by atoms with Gasteiger partial charge in [-0.15, -0.1) is 0 Å². The molecular formula is C19H26ClN5O2. The Balaban J connectivity index is 1.37. The lowest BCUT2D eigenvalue weighted by molar-refractivity contribution is 0.0420. The number of ether oxygens (including phenoxy) is 2. The lowest BCUT2D eigenvalue weighted by Gasteiger charge is -2.12. The molecule has 1 saturated heterocycles. The topological polar surface area (TPSA) is 72.7 Å². The first-order valence-corrected chi connectivity index (χ1v) is 9.56. The van der Waals surface area contributed by atoms with Crippen LogP contribution in [0.4, 0.5) is 0 Å². The Morgan fingerprint density at radius 1 is 1.37 bits per heavy atom. The van der Waals surface area contributed by atoms with E-state index >= 15 is 0 Å². The van der Waals surface area contributed by atoms with Gasteiger partial charge < -0.3 is 20.1 Å². The largest absolute Gasteiger partial charge is 0.379 e. The van der Waals surface area contributed by atoms with Crippen LogP contribution in [0.5, 0.6) is 0 Å². The Labute approximate surface area is 164 Å². The highest BCUT2D eigenvalue weighted by atomic mass is 35.5. The van der Waals surface area contributed by atoms with E-state index in [4.69, 9.17) is 21.1 Å². The Kier molecular flexibility index (Phi) is 7.50. The number of nitrogens with one attached hydrogen (secondary N) is 2. The second kappa shape index (κ2) is 10.3. The van der Waals surface area contributed by atoms with Crippen molar-refractivity contribution < 1.29 is 9.47 Å². The van der Waals surface area contributed by atoms with Gasteiger partial charge in [-0.25, -0.2) is 4.68 Å². The van der Waals surface area contributed by atoms with Crippen molar-refractivity contribution in [3.63, 3.8) is 0 Å². The van der Waals surface area contributed by atoms with Crippen LogP contribution in [0.3, 0.4) is 0 Å². The third kappa shape index (κ3) is 6.23. The summed E-state index contributed by atoms with van der Waals surface area (Å²) >= 11 is 5.93. The molecule has 0 radical (unpaired) electrons. The van der Waals surface area contributed by atoms with E-state index in [1.807, 2.05) is 41.3 Å². The van der Waals surface area contributed by atoms with E-state index in [1.54, 1.807) is 7.05 Å². The molecule has 2 N–H and O–H groups in total. The van der Waals surface area contributed by atoms with Crippen LogP contribution < -0.4 is 10.6 Å². The predicted molar refractivity (Wildman–Crippen MR) is 107 cm³/mol. The molecule has 1 atom stereocenters. The number of guanidine groups is 1. The molecule has 7 nitrogen and oxygen atoms in total. The van der Waals surface area contributed by atoms with Crippen LogP contribution in [0.2, 0.25) is 5.02 Å². The molecule has 1 aromatic heterocycles. The maximum Gasteiger partial charge on any atom is 0.191 e. The third-order valence-corrected chi connectivity index (χ3v) is 4.52. The van der Waals surface area contributed by atoms with Crippen LogP contribution in [-0.4, -0.2) is 55.3 Å². The molecule has 0 aliphatic carbocycles. The van der Waals surface area contributed by atoms with Gasteiger partial charge in [0.25, 0.3) is 0 Å². The van der Waals surface area contributed by atoms with Gasteiger partial charge in [0.05, 0.1) is 24.6 Å². The molecule has 146 valence electrons. The van der Waals surface area contributed by atoms with Crippen molar-refractivity contribution in [1.29, 1.82) is 0 Å². The van der Waals surface area contributed by atoms with Gasteiger partial charge in [0.2, 0.25) is 0 Å². The summed E-state index contributed by atoms with van der Waals surface area (Å²) in [6.45, 7) is 3.71. The van der Waals surface area contributed by atoms with Gasteiger partial charge in [-0.05, 0) is 37.1 Å². The molecule has 1 unspecified atom stereocenters. The van der Waals surface area contributed by atoms with Gasteiger partial charge in [0.15, 0.2) is 5.96 Å². The highest BCUT2D eigenvalue weighted by molar-refractivity contribution is 6.30. The number of nitrogens with zero attached hydrogens (tertiary/aromatic N) is 3. The fourth-order valence-corrected chi connectivity index (χ4v) is 2.89. The van der Waals surface area contributed by atoms with E-state index in [9.17, 15) is 0 Å². The predicted octanol–water partition coefficient (Wildman–Crippen LogP) is 2.39. The number of hydrogen-bond acceptors (Lipinski definition) is 4. The smallest absolute Gasteiger partial charge is 0.191 e. The first-order valence-electron chi connectivity index (χ1n) is 9.18. The SMILES string of the molecule is CN=C(NCCCOC1CCOC1)NCc1cnn(-c2ccc(Cl)cc2)c1. The Morgan fingerprint density at radius 3 is 2.96 bits per heavy atom. The average molecular weight is 392 g/mol. The monoisotopic (exact) mass is 391 g/mol. The Morgan fingerprint density at radius 2 is 2.22 bits per heavy atom. The average Bonchev–Trinajstić information content (AvgIpc) is 3.36. The van der Waals surface area contributed by atoms with Gasteiger partial charge in [-0.1, -0.05) is 11.6 Å². The van der Waals surface area contributed by atoms with Crippen molar-refractivity contribution in [1.82, 2.24) is 20.4 Å². The number of hydrogen-bond donors (Lipinski definition) is 2. The molecule has 0 saturated carbocycles. The zero-order chi connectivity index (χ0) is 18.9. The zero-order valence-electron chi connectivity index (χ0n) is 15.5. The summed E-state index contributed by atoms with van der Waals surface area (Å²) in [6.07, 6.45) is 6.01. The van der Waals surface area contributed by atoms with Crippen molar-refractivity contribution in [2.24, 2.45) is 4.99 Å². The molecule has 1 aliphatic heterocycles. The van der Waals surface area contributed by atoms with Gasteiger partial charge in [-0.2, -0.15) is 5.10 Å². The fourth-order valence-electron chi connectivity index (χ4n) is 2.77. The van der Waals surface area contributed by atoms with Crippen LogP contribution in [0, 0.1) is 0 Å². The fraction of sp³-hybridized carbons (Fsp3) is 0.474. The summed E-state index contributed by atoms with van der Waals surface area (Å²) in [7, 11) is 1.76. The van der Waals surface area contributed by atoms with E-state index in [0.29, 0.717) is 11.6 Å². The summed E-state index contributed by atoms with van der Waals surface area (Å²) in [5.41, 5.74) is 2.04. The first-order chi connectivity index (χ1) is 13.2. The van der Waals surface area contributed by atoms with Crippen molar-refractivity contribution in [2.75, 3.05) is 33.4 Å². The Bertz CT molecular complexity index is 726. The highest BCUT2D eigenvalue weighted by Crippen LogP contribution is 2.13. The quantitative estimate of drug-likeness (QED) is 0.410. The van der Waals surface area contributed by atoms with Crippen LogP contribution in [-0.2, 0) is 16.0 Å². The minimum atomic E-state index is 0.264. The van der Waals surface area contributed by atoms with Gasteiger partial charge >= 0.3 is 0 Å². The van der Waals surface area contributed by atoms with Crippen LogP contribution in [0.15, 0.2) is 41.7 Å². The third-order valence-electron chi connectivity index (χ3n) is 4.27. The molecule has 0 amide bonds. The number of benzene rings is 1. The molecule has 1 fully saturated rings. The molecule has 27 heavy (non-hydrogen) atoms. The second-order valence-electron chi connectivity index (χ2n) is 6.33. The van der Waals surface area contributed by atoms with E-state index in [2.05, 4.69) is 20.7 Å². The first kappa shape index (κ1) is 19.7. The number of halogens is 1. The maximum atomic E-state index is 5.93. The second-order valence-corrected chi connectivity index (χ2v) is 6.77. The summed E-state index contributed by atoms with van der Waals surface area (Å²) in [6, 6.07) is 7.58. The van der Waals surface area contributed by atoms with Gasteiger partial charge in [-0.3, -0.25) is 4.99 Å². The van der Waals surface area contributed by atoms with E-state index in [0.717, 1.165) is 56.4 Å². The van der Waals surface area contributed by atoms with Crippen LogP contribution in [0.1, 0.15) is 18.4 Å². The van der Waals surface area contributed by atoms with Crippen molar-refractivity contribution in [2.45, 2.75) is 25.5 Å². The normalized spacial score (nSPS) is 17.3. The lowest BCUT2D eigenvalue weighted by Crippen LogP contribution is -2.37. The van der Waals surface area contributed by atoms with E-state index in [-0.39, 0.29) is 6.10 Å². The molecular weight excluding hydrogens is 366 g/mol. The van der Waals surface area contributed by atoms with Crippen molar-refractivity contribution >= 4 is 17.6 Å². The van der Waals surface area contributed by atoms with Crippen molar-refractivity contribution in [3.05, 3.63) is 47.2 Å². The molecule has 8 heteroatoms. The number of aromatic nitrogens is 2.